The summed E-state index contributed by atoms with van der Waals surface area (Å²) in [5.41, 5.74) is 2.08. The van der Waals surface area contributed by atoms with E-state index in [0.717, 1.165) is 53.2 Å². The Kier molecular flexibility index (Phi) is 9.06. The number of aromatic nitrogens is 4. The molecule has 28 heavy (non-hydrogen) atoms. The van der Waals surface area contributed by atoms with Gasteiger partial charge in [-0.15, -0.1) is 5.10 Å². The van der Waals surface area contributed by atoms with Gasteiger partial charge in [0.2, 0.25) is 5.16 Å². The number of para-hydroxylation sites is 1. The Morgan fingerprint density at radius 3 is 2.64 bits per heavy atom. The number of tetrazole rings is 1. The van der Waals surface area contributed by atoms with Gasteiger partial charge in [-0.2, -0.15) is 4.68 Å². The van der Waals surface area contributed by atoms with Crippen LogP contribution in [0.2, 0.25) is 0 Å². The minimum Gasteiger partial charge on any atom is -1.00 e. The summed E-state index contributed by atoms with van der Waals surface area (Å²) in [6, 6.07) is 15.8. The van der Waals surface area contributed by atoms with Gasteiger partial charge in [0, 0.05) is 23.9 Å². The zero-order valence-corrected chi connectivity index (χ0v) is 17.4. The zero-order valence-electron chi connectivity index (χ0n) is 15.8. The van der Waals surface area contributed by atoms with Crippen LogP contribution >= 0.6 is 11.8 Å². The van der Waals surface area contributed by atoms with Gasteiger partial charge in [0.25, 0.3) is 0 Å². The molecule has 2 aromatic carbocycles. The Balaban J connectivity index is 0.00000280. The van der Waals surface area contributed by atoms with Gasteiger partial charge in [0.1, 0.15) is 11.5 Å². The van der Waals surface area contributed by atoms with Gasteiger partial charge in [-0.25, -0.2) is 0 Å². The molecule has 150 valence electrons. The summed E-state index contributed by atoms with van der Waals surface area (Å²) in [4.78, 5) is 0. The van der Waals surface area contributed by atoms with Crippen molar-refractivity contribution in [2.75, 3.05) is 26.5 Å². The fourth-order valence-electron chi connectivity index (χ4n) is 2.58. The number of nitrogens with one attached hydrogen (secondary N) is 1. The lowest BCUT2D eigenvalue weighted by atomic mass is 10.2. The lowest BCUT2D eigenvalue weighted by molar-refractivity contribution is -0.00000625. The highest BCUT2D eigenvalue weighted by molar-refractivity contribution is 7.99. The average molecular weight is 421 g/mol. The van der Waals surface area contributed by atoms with Crippen LogP contribution in [0.15, 0.2) is 53.7 Å². The fourth-order valence-corrected chi connectivity index (χ4v) is 3.41. The molecule has 0 aliphatic carbocycles. The van der Waals surface area contributed by atoms with Crippen LogP contribution < -0.4 is 27.2 Å². The van der Waals surface area contributed by atoms with Crippen LogP contribution in [0.5, 0.6) is 11.5 Å². The number of hydrogen-bond donors (Lipinski definition) is 1. The van der Waals surface area contributed by atoms with Crippen molar-refractivity contribution >= 4 is 11.8 Å². The molecule has 0 aliphatic rings. The SMILES string of the molecule is COc1ccc(CNCCCSc2nnnn2-c2ccccc2)c(OC)c1.[Cl-]. The van der Waals surface area contributed by atoms with E-state index < -0.39 is 0 Å². The van der Waals surface area contributed by atoms with Gasteiger partial charge in [-0.3, -0.25) is 0 Å². The molecule has 0 spiro atoms. The van der Waals surface area contributed by atoms with Gasteiger partial charge >= 0.3 is 0 Å². The van der Waals surface area contributed by atoms with Crippen molar-refractivity contribution in [3.05, 3.63) is 54.1 Å². The van der Waals surface area contributed by atoms with E-state index in [1.165, 1.54) is 0 Å². The summed E-state index contributed by atoms with van der Waals surface area (Å²) in [6.45, 7) is 1.65. The number of halogens is 1. The first-order chi connectivity index (χ1) is 13.3. The van der Waals surface area contributed by atoms with E-state index >= 15 is 0 Å². The third kappa shape index (κ3) is 5.85. The molecule has 1 aromatic heterocycles. The molecule has 0 saturated carbocycles. The van der Waals surface area contributed by atoms with Crippen molar-refractivity contribution in [2.45, 2.75) is 18.1 Å². The molecule has 0 aliphatic heterocycles. The van der Waals surface area contributed by atoms with Gasteiger partial charge in [-0.05, 0) is 41.6 Å². The Labute approximate surface area is 175 Å². The number of thioether (sulfide) groups is 1. The summed E-state index contributed by atoms with van der Waals surface area (Å²) in [7, 11) is 3.32. The first-order valence-corrected chi connectivity index (χ1v) is 9.68. The van der Waals surface area contributed by atoms with Gasteiger partial charge < -0.3 is 27.2 Å². The number of ether oxygens (including phenoxy) is 2. The number of methoxy groups -OCH3 is 2. The minimum absolute atomic E-state index is 0. The maximum absolute atomic E-state index is 5.42. The third-order valence-electron chi connectivity index (χ3n) is 3.98. The lowest BCUT2D eigenvalue weighted by Gasteiger charge is -2.11. The maximum Gasteiger partial charge on any atom is 0.214 e. The van der Waals surface area contributed by atoms with Crippen LogP contribution in [-0.4, -0.2) is 46.7 Å². The molecule has 3 rings (SSSR count). The Hall–Kier alpha value is -2.29. The maximum atomic E-state index is 5.42. The number of benzene rings is 2. The zero-order chi connectivity index (χ0) is 18.9. The molecule has 9 heteroatoms. The van der Waals surface area contributed by atoms with Crippen LogP contribution in [0.4, 0.5) is 0 Å². The van der Waals surface area contributed by atoms with Crippen LogP contribution in [0, 0.1) is 0 Å². The van der Waals surface area contributed by atoms with Crippen molar-refractivity contribution in [1.82, 2.24) is 25.5 Å². The molecule has 3 aromatic rings. The van der Waals surface area contributed by atoms with Crippen molar-refractivity contribution in [1.29, 1.82) is 0 Å². The molecule has 0 atom stereocenters. The number of rotatable bonds is 10. The summed E-state index contributed by atoms with van der Waals surface area (Å²) < 4.78 is 12.4. The second kappa shape index (κ2) is 11.5. The van der Waals surface area contributed by atoms with Crippen LogP contribution in [0.3, 0.4) is 0 Å². The molecular formula is C19H23ClN5O2S-. The topological polar surface area (TPSA) is 74.1 Å². The van der Waals surface area contributed by atoms with Crippen LogP contribution in [0.25, 0.3) is 5.69 Å². The second-order valence-electron chi connectivity index (χ2n) is 5.77. The largest absolute Gasteiger partial charge is 1.00 e. The van der Waals surface area contributed by atoms with E-state index in [1.807, 2.05) is 48.5 Å². The molecule has 1 N–H and O–H groups in total. The van der Waals surface area contributed by atoms with Crippen molar-refractivity contribution in [3.63, 3.8) is 0 Å². The predicted molar refractivity (Wildman–Crippen MR) is 106 cm³/mol. The first-order valence-electron chi connectivity index (χ1n) is 8.70. The van der Waals surface area contributed by atoms with Gasteiger partial charge in [0.05, 0.1) is 19.9 Å². The standard InChI is InChI=1S/C19H23N5O2S.ClH/c1-25-17-10-9-15(18(13-17)26-2)14-20-11-6-12-27-19-21-22-23-24(19)16-7-4-3-5-8-16;/h3-5,7-10,13,20H,6,11-12,14H2,1-2H3;1H/p-1. The molecule has 7 nitrogen and oxygen atoms in total. The van der Waals surface area contributed by atoms with Crippen molar-refractivity contribution in [3.8, 4) is 17.2 Å². The highest BCUT2D eigenvalue weighted by Crippen LogP contribution is 2.24. The highest BCUT2D eigenvalue weighted by atomic mass is 35.5. The summed E-state index contributed by atoms with van der Waals surface area (Å²) in [5.74, 6) is 2.56. The molecule has 0 amide bonds. The van der Waals surface area contributed by atoms with Gasteiger partial charge in [-0.1, -0.05) is 36.0 Å². The van der Waals surface area contributed by atoms with Crippen molar-refractivity contribution in [2.24, 2.45) is 0 Å². The highest BCUT2D eigenvalue weighted by Gasteiger charge is 2.08. The molecule has 1 heterocycles. The summed E-state index contributed by atoms with van der Waals surface area (Å²) >= 11 is 1.65. The number of nitrogens with zero attached hydrogens (tertiary/aromatic N) is 4. The van der Waals surface area contributed by atoms with Crippen LogP contribution in [0.1, 0.15) is 12.0 Å². The Morgan fingerprint density at radius 2 is 1.89 bits per heavy atom. The molecule has 0 radical (unpaired) electrons. The Morgan fingerprint density at radius 1 is 1.07 bits per heavy atom. The molecule has 0 unspecified atom stereocenters. The molecule has 0 fully saturated rings. The first kappa shape index (κ1) is 22.0. The molecule has 0 saturated heterocycles. The normalized spacial score (nSPS) is 10.4. The smallest absolute Gasteiger partial charge is 0.214 e. The number of hydrogen-bond acceptors (Lipinski definition) is 7. The van der Waals surface area contributed by atoms with E-state index in [-0.39, 0.29) is 12.4 Å². The summed E-state index contributed by atoms with van der Waals surface area (Å²) in [6.07, 6.45) is 1.00. The third-order valence-corrected chi connectivity index (χ3v) is 4.99. The monoisotopic (exact) mass is 420 g/mol. The quantitative estimate of drug-likeness (QED) is 0.364. The van der Waals surface area contributed by atoms with Gasteiger partial charge in [0.15, 0.2) is 0 Å². The van der Waals surface area contributed by atoms with E-state index in [4.69, 9.17) is 9.47 Å². The predicted octanol–water partition coefficient (Wildman–Crippen LogP) is -0.0445. The fraction of sp³-hybridized carbons (Fsp3) is 0.316. The van der Waals surface area contributed by atoms with Crippen LogP contribution in [-0.2, 0) is 6.54 Å². The Bertz CT molecular complexity index is 847. The molecular weight excluding hydrogens is 398 g/mol. The summed E-state index contributed by atoms with van der Waals surface area (Å²) in [5, 5.41) is 16.2. The van der Waals surface area contributed by atoms with E-state index in [0.29, 0.717) is 0 Å². The van der Waals surface area contributed by atoms with E-state index in [2.05, 4.69) is 20.8 Å². The second-order valence-corrected chi connectivity index (χ2v) is 6.83. The minimum atomic E-state index is 0. The van der Waals surface area contributed by atoms with Crippen molar-refractivity contribution < 1.29 is 21.9 Å². The van der Waals surface area contributed by atoms with E-state index in [9.17, 15) is 0 Å². The van der Waals surface area contributed by atoms with E-state index in [1.54, 1.807) is 30.7 Å². The average Bonchev–Trinajstić information content (AvgIpc) is 3.19. The molecule has 0 bridgehead atoms. The lowest BCUT2D eigenvalue weighted by Crippen LogP contribution is -3.00.